The Kier molecular flexibility index (Phi) is 37.5. The Balaban J connectivity index is 0. The van der Waals surface area contributed by atoms with Crippen LogP contribution in [-0.4, -0.2) is 131 Å². The minimum atomic E-state index is -0.733. The number of nitrogens with one attached hydrogen (secondary N) is 2. The van der Waals surface area contributed by atoms with Gasteiger partial charge in [0.1, 0.15) is 0 Å². The van der Waals surface area contributed by atoms with Crippen LogP contribution in [0.5, 0.6) is 5.75 Å². The Bertz CT molecular complexity index is 1820. The number of nitro groups is 1. The normalized spacial score (nSPS) is 14.4. The van der Waals surface area contributed by atoms with Gasteiger partial charge in [0.2, 0.25) is 29.4 Å². The zero-order valence-corrected chi connectivity index (χ0v) is 43.2. The van der Waals surface area contributed by atoms with Crippen LogP contribution >= 0.6 is 36.4 Å². The summed E-state index contributed by atoms with van der Waals surface area (Å²) in [6, 6.07) is 3.64. The Morgan fingerprint density at radius 2 is 1.18 bits per heavy atom. The maximum absolute atomic E-state index is 11.9. The second-order valence-electron chi connectivity index (χ2n) is 13.5. The molecule has 4 rings (SSSR count). The average molecular weight is 1010 g/mol. The van der Waals surface area contributed by atoms with Gasteiger partial charge in [-0.1, -0.05) is 19.3 Å². The van der Waals surface area contributed by atoms with E-state index in [4.69, 9.17) is 4.74 Å². The number of carbonyl (C=O) groups is 9. The van der Waals surface area contributed by atoms with Gasteiger partial charge in [0.15, 0.2) is 0 Å². The molecule has 0 aromatic heterocycles. The zero-order valence-electron chi connectivity index (χ0n) is 38.7. The number of nitrogens with zero attached hydrogens (tertiary/aromatic N) is 4. The summed E-state index contributed by atoms with van der Waals surface area (Å²) < 4.78 is 9.11. The van der Waals surface area contributed by atoms with Crippen molar-refractivity contribution in [2.75, 3.05) is 53.3 Å². The Hall–Kier alpha value is -4.18. The second kappa shape index (κ2) is 38.8. The summed E-state index contributed by atoms with van der Waals surface area (Å²) in [5.41, 5.74) is 4.03. The number of benzene rings is 1. The Morgan fingerprint density at radius 1 is 0.746 bits per heavy atom. The number of thiol groups is 1. The van der Waals surface area contributed by atoms with E-state index in [1.807, 2.05) is 6.26 Å². The summed E-state index contributed by atoms with van der Waals surface area (Å²) in [7, 11) is 4.72. The molecular formula is C41H60N7NaO15S3. The fourth-order valence-corrected chi connectivity index (χ4v) is 6.84. The number of likely N-dealkylation sites (tertiary alicyclic amines) is 1. The fraction of sp³-hybridized carbons (Fsp3) is 0.537. The monoisotopic (exact) mass is 1010 g/mol. The topological polar surface area (TPSA) is 307 Å². The number of hydrogen-bond acceptors (Lipinski definition) is 19. The second-order valence-corrected chi connectivity index (χ2v) is 15.3. The van der Waals surface area contributed by atoms with Crippen LogP contribution in [0.4, 0.5) is 5.69 Å². The summed E-state index contributed by atoms with van der Waals surface area (Å²) in [6.07, 6.45) is 16.2. The van der Waals surface area contributed by atoms with Crippen molar-refractivity contribution in [1.29, 1.82) is 0 Å². The number of imide groups is 3. The molecule has 0 saturated carbocycles. The van der Waals surface area contributed by atoms with Crippen LogP contribution in [0.2, 0.25) is 0 Å². The standard InChI is InChI=1S/C16H16N2O9S.C12H20N2O3S.C11H16N2O3.CH5N.CH4S.Na/c19-14-7-8-15(20)17(14)9-3-1-2-4-16(21)25-13-6-5-11(28-27-26-24)10-12(13)18(22)23;1-13-10(15)6-4-3-5-7-14-11(16)8-9(18-2)12(14)17;1-12-9(14)5-3-2-4-8-13-10(15)6-7-11(13)16;2*1-2;/h5-8,10,24H,1-4,9H2;9H,3-8H2,1-2H3,(H,13,15);6-7H,2-5,8H2,1H3,(H,12,14);2H2,1H3;2H,1H3;/q;;;;;+1/p-1. The first kappa shape index (κ1) is 64.9. The van der Waals surface area contributed by atoms with Gasteiger partial charge in [0, 0.05) is 94.7 Å². The van der Waals surface area contributed by atoms with Gasteiger partial charge >= 0.3 is 41.2 Å². The molecule has 1 atom stereocenters. The predicted molar refractivity (Wildman–Crippen MR) is 246 cm³/mol. The van der Waals surface area contributed by atoms with Crippen LogP contribution in [0.3, 0.4) is 0 Å². The molecule has 4 N–H and O–H groups in total. The van der Waals surface area contributed by atoms with Gasteiger partial charge in [0.25, 0.3) is 23.6 Å². The molecule has 8 amide bonds. The molecule has 1 unspecified atom stereocenters. The molecule has 0 bridgehead atoms. The van der Waals surface area contributed by atoms with Crippen molar-refractivity contribution in [2.24, 2.45) is 5.73 Å². The molecule has 26 heteroatoms. The molecule has 3 heterocycles. The number of rotatable bonds is 24. The first-order chi connectivity index (χ1) is 31.7. The molecule has 3 aliphatic heterocycles. The van der Waals surface area contributed by atoms with Crippen LogP contribution < -0.4 is 55.9 Å². The smallest absolute Gasteiger partial charge is 0.691 e. The number of amides is 8. The van der Waals surface area contributed by atoms with E-state index in [0.717, 1.165) is 49.5 Å². The number of ether oxygens (including phenoxy) is 1. The van der Waals surface area contributed by atoms with Gasteiger partial charge in [-0.25, -0.2) is 0 Å². The first-order valence-corrected chi connectivity index (χ1v) is 23.6. The molecule has 1 saturated heterocycles. The van der Waals surface area contributed by atoms with Crippen molar-refractivity contribution < 1.29 is 97.0 Å². The molecule has 1 fully saturated rings. The summed E-state index contributed by atoms with van der Waals surface area (Å²) >= 11 is 5.44. The average Bonchev–Trinajstić information content (AvgIpc) is 3.93. The summed E-state index contributed by atoms with van der Waals surface area (Å²) in [4.78, 5) is 117. The quantitative estimate of drug-likeness (QED) is 0.00955. The zero-order chi connectivity index (χ0) is 50.0. The SMILES string of the molecule is CN.CNC(=O)CCCCCN1C(=O)C=CC1=O.CNC(=O)CCCCCN1C(=O)CC(SC)C1=O.CS.O=C(CCCCCN1C(=O)C=CC1=O)Oc1ccc(SOO[O-])cc1[N+](=O)[O-].[Na+]. The van der Waals surface area contributed by atoms with E-state index < -0.39 is 16.6 Å². The van der Waals surface area contributed by atoms with Crippen LogP contribution in [0.1, 0.15) is 83.5 Å². The van der Waals surface area contributed by atoms with Crippen molar-refractivity contribution in [3.05, 3.63) is 52.6 Å². The van der Waals surface area contributed by atoms with Gasteiger partial charge < -0.3 is 26.4 Å². The van der Waals surface area contributed by atoms with Crippen LogP contribution in [-0.2, 0) is 52.5 Å². The number of nitro benzene ring substituents is 1. The number of unbranched alkanes of at least 4 members (excludes halogenated alkanes) is 6. The molecule has 1 aromatic rings. The van der Waals surface area contributed by atoms with E-state index in [-0.39, 0.29) is 106 Å². The predicted octanol–water partition coefficient (Wildman–Crippen LogP) is -0.658. The molecule has 368 valence electrons. The number of thioether (sulfide) groups is 1. The third-order valence-corrected chi connectivity index (χ3v) is 10.7. The maximum Gasteiger partial charge on any atom is 1.00 e. The molecule has 3 aliphatic rings. The van der Waals surface area contributed by atoms with Crippen molar-refractivity contribution in [2.45, 2.75) is 93.6 Å². The fourth-order valence-electron chi connectivity index (χ4n) is 5.81. The molecule has 22 nitrogen and oxygen atoms in total. The van der Waals surface area contributed by atoms with Gasteiger partial charge in [-0.15, -0.1) is 0 Å². The molecule has 0 spiro atoms. The minimum absolute atomic E-state index is 0. The maximum atomic E-state index is 11.9. The summed E-state index contributed by atoms with van der Waals surface area (Å²) in [5, 5.41) is 29.0. The van der Waals surface area contributed by atoms with Crippen LogP contribution in [0.25, 0.3) is 0 Å². The minimum Gasteiger partial charge on any atom is -0.691 e. The largest absolute Gasteiger partial charge is 1.00 e. The van der Waals surface area contributed by atoms with Crippen molar-refractivity contribution in [1.82, 2.24) is 25.3 Å². The van der Waals surface area contributed by atoms with E-state index in [0.29, 0.717) is 63.7 Å². The molecule has 1 aromatic carbocycles. The molecule has 0 radical (unpaired) electrons. The molecule has 67 heavy (non-hydrogen) atoms. The third kappa shape index (κ3) is 25.7. The summed E-state index contributed by atoms with van der Waals surface area (Å²) in [6.45, 7) is 1.19. The molecular weight excluding hydrogens is 950 g/mol. The number of esters is 1. The van der Waals surface area contributed by atoms with Crippen molar-refractivity contribution in [3.63, 3.8) is 0 Å². The number of carbonyl (C=O) groups excluding carboxylic acids is 9. The third-order valence-electron chi connectivity index (χ3n) is 9.19. The van der Waals surface area contributed by atoms with Gasteiger partial charge in [0.05, 0.1) is 22.2 Å². The van der Waals surface area contributed by atoms with E-state index >= 15 is 0 Å². The number of nitrogens with two attached hydrogens (primary N) is 1. The van der Waals surface area contributed by atoms with Crippen LogP contribution in [0, 0.1) is 10.1 Å². The van der Waals surface area contributed by atoms with Crippen molar-refractivity contribution in [3.8, 4) is 5.75 Å². The van der Waals surface area contributed by atoms with E-state index in [9.17, 15) is 58.5 Å². The van der Waals surface area contributed by atoms with E-state index in [2.05, 4.69) is 38.4 Å². The summed E-state index contributed by atoms with van der Waals surface area (Å²) in [5.74, 6) is -2.15. The molecule has 0 aliphatic carbocycles. The van der Waals surface area contributed by atoms with Crippen LogP contribution in [0.15, 0.2) is 47.4 Å². The van der Waals surface area contributed by atoms with E-state index in [1.54, 1.807) is 20.4 Å². The van der Waals surface area contributed by atoms with Gasteiger partial charge in [-0.2, -0.15) is 28.7 Å². The Morgan fingerprint density at radius 3 is 1.57 bits per heavy atom. The first-order valence-electron chi connectivity index (χ1n) is 20.7. The van der Waals surface area contributed by atoms with Crippen molar-refractivity contribution >= 4 is 95.3 Å². The van der Waals surface area contributed by atoms with E-state index in [1.165, 1.54) is 65.0 Å². The van der Waals surface area contributed by atoms with Gasteiger partial charge in [-0.05, 0) is 70.2 Å². The Labute approximate surface area is 426 Å². The number of hydrogen-bond donors (Lipinski definition) is 4. The van der Waals surface area contributed by atoms with Gasteiger partial charge in [-0.3, -0.25) is 73.0 Å².